The van der Waals surface area contributed by atoms with E-state index < -0.39 is 29.4 Å². The van der Waals surface area contributed by atoms with E-state index >= 15 is 0 Å². The van der Waals surface area contributed by atoms with Gasteiger partial charge in [0.05, 0.1) is 21.6 Å². The lowest BCUT2D eigenvalue weighted by molar-refractivity contribution is -0.151. The minimum atomic E-state index is -3.33. The number of hydrogen-bond acceptors (Lipinski definition) is 5. The number of amides is 1. The number of amidine groups is 1. The summed E-state index contributed by atoms with van der Waals surface area (Å²) in [5.41, 5.74) is 3.15. The first-order valence-electron chi connectivity index (χ1n) is 8.40. The van der Waals surface area contributed by atoms with Crippen LogP contribution >= 0.6 is 11.6 Å². The third-order valence-corrected chi connectivity index (χ3v) is 5.70. The summed E-state index contributed by atoms with van der Waals surface area (Å²) in [6.45, 7) is 0.359. The summed E-state index contributed by atoms with van der Waals surface area (Å²) in [6, 6.07) is 6.58. The maximum atomic E-state index is 14.7. The Balaban J connectivity index is 1.71. The van der Waals surface area contributed by atoms with Crippen LogP contribution in [-0.2, 0) is 9.53 Å². The number of para-hydroxylation sites is 1. The molecule has 2 heterocycles. The molecule has 1 aliphatic carbocycles. The van der Waals surface area contributed by atoms with E-state index in [0.29, 0.717) is 16.2 Å². The number of nitrogens with zero attached hydrogens (tertiary/aromatic N) is 2. The quantitative estimate of drug-likeness (QED) is 0.835. The average Bonchev–Trinajstić information content (AvgIpc) is 3.41. The molecule has 1 saturated carbocycles. The first-order chi connectivity index (χ1) is 12.7. The molecule has 1 amide bonds. The Kier molecular flexibility index (Phi) is 3.82. The first-order valence-corrected chi connectivity index (χ1v) is 8.78. The van der Waals surface area contributed by atoms with E-state index in [9.17, 15) is 13.6 Å². The van der Waals surface area contributed by atoms with Crippen LogP contribution in [0.1, 0.15) is 19.8 Å². The van der Waals surface area contributed by atoms with Gasteiger partial charge in [-0.2, -0.15) is 0 Å². The van der Waals surface area contributed by atoms with Crippen molar-refractivity contribution in [2.24, 2.45) is 16.1 Å². The number of alkyl halides is 2. The van der Waals surface area contributed by atoms with Gasteiger partial charge >= 0.3 is 5.92 Å². The van der Waals surface area contributed by atoms with Gasteiger partial charge in [-0.25, -0.2) is 13.8 Å². The van der Waals surface area contributed by atoms with Crippen LogP contribution in [0.25, 0.3) is 10.9 Å². The monoisotopic (exact) mass is 394 g/mol. The number of nitrogens with one attached hydrogen (secondary N) is 1. The molecular formula is C18H17ClF2N4O2. The molecule has 1 atom stereocenters. The Bertz CT molecular complexity index is 977. The molecular weight excluding hydrogens is 378 g/mol. The summed E-state index contributed by atoms with van der Waals surface area (Å²) in [6.07, 6.45) is 2.03. The van der Waals surface area contributed by atoms with Crippen molar-refractivity contribution >= 4 is 40.1 Å². The predicted molar refractivity (Wildman–Crippen MR) is 98.0 cm³/mol. The number of ether oxygens (including phenoxy) is 1. The SMILES string of the molecule is C[C@]1(C2(C(=O)Nc3cccc4cc(Cl)cnc34)CC2)N=C(N)OCC1(F)F. The molecule has 1 aliphatic heterocycles. The predicted octanol–water partition coefficient (Wildman–Crippen LogP) is 3.35. The first kappa shape index (κ1) is 17.9. The molecule has 0 saturated heterocycles. The lowest BCUT2D eigenvalue weighted by Crippen LogP contribution is -2.60. The molecule has 9 heteroatoms. The highest BCUT2D eigenvalue weighted by atomic mass is 35.5. The van der Waals surface area contributed by atoms with Crippen LogP contribution in [-0.4, -0.2) is 35.0 Å². The fourth-order valence-electron chi connectivity index (χ4n) is 3.63. The zero-order chi connectivity index (χ0) is 19.4. The largest absolute Gasteiger partial charge is 0.459 e. The van der Waals surface area contributed by atoms with Gasteiger partial charge in [-0.15, -0.1) is 0 Å². The highest BCUT2D eigenvalue weighted by molar-refractivity contribution is 6.31. The van der Waals surface area contributed by atoms with Crippen molar-refractivity contribution in [2.75, 3.05) is 11.9 Å². The van der Waals surface area contributed by atoms with Gasteiger partial charge in [0.15, 0.2) is 6.61 Å². The molecule has 1 fully saturated rings. The summed E-state index contributed by atoms with van der Waals surface area (Å²) in [7, 11) is 0. The fraction of sp³-hybridized carbons (Fsp3) is 0.389. The topological polar surface area (TPSA) is 89.6 Å². The molecule has 0 bridgehead atoms. The van der Waals surface area contributed by atoms with Crippen LogP contribution in [0, 0.1) is 5.41 Å². The molecule has 3 N–H and O–H groups in total. The van der Waals surface area contributed by atoms with Crippen molar-refractivity contribution in [1.29, 1.82) is 0 Å². The Morgan fingerprint density at radius 3 is 2.81 bits per heavy atom. The Labute approximate surface area is 158 Å². The van der Waals surface area contributed by atoms with Gasteiger partial charge in [-0.3, -0.25) is 9.78 Å². The molecule has 6 nitrogen and oxygen atoms in total. The van der Waals surface area contributed by atoms with E-state index in [4.69, 9.17) is 22.1 Å². The number of hydrogen-bond donors (Lipinski definition) is 2. The second-order valence-corrected chi connectivity index (χ2v) is 7.52. The van der Waals surface area contributed by atoms with Crippen molar-refractivity contribution < 1.29 is 18.3 Å². The molecule has 2 aromatic rings. The van der Waals surface area contributed by atoms with Gasteiger partial charge in [-0.05, 0) is 31.9 Å². The molecule has 0 radical (unpaired) electrons. The summed E-state index contributed by atoms with van der Waals surface area (Å²) in [4.78, 5) is 21.2. The lowest BCUT2D eigenvalue weighted by Gasteiger charge is -2.42. The van der Waals surface area contributed by atoms with Gasteiger partial charge in [0.1, 0.15) is 5.54 Å². The maximum absolute atomic E-state index is 14.7. The number of anilines is 1. The normalized spacial score (nSPS) is 25.4. The number of fused-ring (bicyclic) bond motifs is 1. The van der Waals surface area contributed by atoms with Gasteiger partial charge in [-0.1, -0.05) is 23.7 Å². The van der Waals surface area contributed by atoms with Crippen molar-refractivity contribution in [1.82, 2.24) is 4.98 Å². The maximum Gasteiger partial charge on any atom is 0.306 e. The van der Waals surface area contributed by atoms with Crippen LogP contribution < -0.4 is 11.1 Å². The van der Waals surface area contributed by atoms with Gasteiger partial charge < -0.3 is 15.8 Å². The van der Waals surface area contributed by atoms with Crippen molar-refractivity contribution in [3.63, 3.8) is 0 Å². The Hall–Kier alpha value is -2.48. The number of nitrogens with two attached hydrogens (primary N) is 1. The lowest BCUT2D eigenvalue weighted by atomic mass is 9.76. The molecule has 0 spiro atoms. The molecule has 1 aromatic carbocycles. The highest BCUT2D eigenvalue weighted by Gasteiger charge is 2.73. The van der Waals surface area contributed by atoms with Crippen LogP contribution in [0.3, 0.4) is 0 Å². The highest BCUT2D eigenvalue weighted by Crippen LogP contribution is 2.62. The van der Waals surface area contributed by atoms with E-state index in [1.54, 1.807) is 24.3 Å². The number of carbonyl (C=O) groups is 1. The number of aromatic nitrogens is 1. The van der Waals surface area contributed by atoms with Crippen LogP contribution in [0.4, 0.5) is 14.5 Å². The van der Waals surface area contributed by atoms with E-state index in [-0.39, 0.29) is 18.9 Å². The molecule has 142 valence electrons. The van der Waals surface area contributed by atoms with E-state index in [1.165, 1.54) is 13.1 Å². The molecule has 1 aromatic heterocycles. The number of pyridine rings is 1. The molecule has 0 unspecified atom stereocenters. The second-order valence-electron chi connectivity index (χ2n) is 7.08. The van der Waals surface area contributed by atoms with Crippen LogP contribution in [0.5, 0.6) is 0 Å². The van der Waals surface area contributed by atoms with Crippen molar-refractivity contribution in [2.45, 2.75) is 31.2 Å². The van der Waals surface area contributed by atoms with E-state index in [2.05, 4.69) is 15.3 Å². The number of carbonyl (C=O) groups excluding carboxylic acids is 1. The second kappa shape index (κ2) is 5.76. The molecule has 4 rings (SSSR count). The standard InChI is InChI=1S/C18H17ClF2N4O2/c1-16(18(20,21)9-27-15(22)25-16)17(5-6-17)14(26)24-12-4-2-3-10-7-11(19)8-23-13(10)12/h2-4,7-8H,5-6,9H2,1H3,(H2,22,25)(H,24,26)/t16-/m1/s1. The third kappa shape index (κ3) is 2.62. The average molecular weight is 395 g/mol. The summed E-state index contributed by atoms with van der Waals surface area (Å²) in [5.74, 6) is -3.86. The Morgan fingerprint density at radius 2 is 2.11 bits per heavy atom. The van der Waals surface area contributed by atoms with E-state index in [0.717, 1.165) is 5.39 Å². The van der Waals surface area contributed by atoms with E-state index in [1.807, 2.05) is 0 Å². The number of halogens is 3. The zero-order valence-electron chi connectivity index (χ0n) is 14.4. The summed E-state index contributed by atoms with van der Waals surface area (Å²) in [5, 5.41) is 3.95. The number of benzene rings is 1. The van der Waals surface area contributed by atoms with Crippen molar-refractivity contribution in [3.05, 3.63) is 35.5 Å². The minimum absolute atomic E-state index is 0.283. The molecule has 27 heavy (non-hydrogen) atoms. The van der Waals surface area contributed by atoms with Crippen LogP contribution in [0.2, 0.25) is 5.02 Å². The summed E-state index contributed by atoms with van der Waals surface area (Å²) < 4.78 is 34.0. The summed E-state index contributed by atoms with van der Waals surface area (Å²) >= 11 is 5.95. The third-order valence-electron chi connectivity index (χ3n) is 5.49. The van der Waals surface area contributed by atoms with Crippen LogP contribution in [0.15, 0.2) is 35.5 Å². The molecule has 2 aliphatic rings. The van der Waals surface area contributed by atoms with Gasteiger partial charge in [0, 0.05) is 11.6 Å². The fourth-order valence-corrected chi connectivity index (χ4v) is 3.80. The minimum Gasteiger partial charge on any atom is -0.459 e. The van der Waals surface area contributed by atoms with Gasteiger partial charge in [0.2, 0.25) is 5.91 Å². The number of aliphatic imine (C=N–C) groups is 1. The van der Waals surface area contributed by atoms with Crippen molar-refractivity contribution in [3.8, 4) is 0 Å². The zero-order valence-corrected chi connectivity index (χ0v) is 15.2. The van der Waals surface area contributed by atoms with Gasteiger partial charge in [0.25, 0.3) is 6.02 Å². The number of rotatable bonds is 3. The Morgan fingerprint density at radius 1 is 1.37 bits per heavy atom. The smallest absolute Gasteiger partial charge is 0.306 e.